The Balaban J connectivity index is 1.37. The minimum atomic E-state index is -1.21. The number of nitrogens with one attached hydrogen (secondary N) is 1. The molecule has 5 heterocycles. The Bertz CT molecular complexity index is 1680. The van der Waals surface area contributed by atoms with Crippen LogP contribution in [-0.4, -0.2) is 140 Å². The van der Waals surface area contributed by atoms with Crippen molar-refractivity contribution in [3.8, 4) is 11.4 Å². The van der Waals surface area contributed by atoms with E-state index in [4.69, 9.17) is 18.9 Å². The van der Waals surface area contributed by atoms with E-state index in [0.717, 1.165) is 0 Å². The molecule has 0 radical (unpaired) electrons. The van der Waals surface area contributed by atoms with Crippen molar-refractivity contribution in [2.75, 3.05) is 27.2 Å². The Labute approximate surface area is 343 Å². The minimum absolute atomic E-state index is 0.0982. The minimum Gasteiger partial charge on any atom is -0.458 e. The van der Waals surface area contributed by atoms with Gasteiger partial charge in [0, 0.05) is 37.3 Å². The third kappa shape index (κ3) is 10.3. The number of rotatable bonds is 12. The van der Waals surface area contributed by atoms with E-state index in [2.05, 4.69) is 39.3 Å². The van der Waals surface area contributed by atoms with E-state index in [9.17, 15) is 19.5 Å². The number of ketones is 1. The van der Waals surface area contributed by atoms with Crippen LogP contribution in [0.25, 0.3) is 11.4 Å². The number of amides is 1. The number of carbonyl (C=O) groups excluding carboxylic acids is 3. The fourth-order valence-corrected chi connectivity index (χ4v) is 9.15. The van der Waals surface area contributed by atoms with Crippen molar-refractivity contribution >= 4 is 17.8 Å². The average Bonchev–Trinajstić information content (AvgIpc) is 3.78. The van der Waals surface area contributed by atoms with E-state index in [1.54, 1.807) is 35.7 Å². The molecule has 0 aromatic carbocycles. The first-order valence-electron chi connectivity index (χ1n) is 21.0. The molecule has 16 nitrogen and oxygen atoms in total. The van der Waals surface area contributed by atoms with Gasteiger partial charge in [0.1, 0.15) is 29.5 Å². The summed E-state index contributed by atoms with van der Waals surface area (Å²) < 4.78 is 27.1. The Morgan fingerprint density at radius 2 is 1.83 bits per heavy atom. The molecule has 58 heavy (non-hydrogen) atoms. The molecule has 3 aliphatic heterocycles. The molecule has 3 unspecified atom stereocenters. The second-order valence-corrected chi connectivity index (χ2v) is 17.1. The van der Waals surface area contributed by atoms with Crippen LogP contribution in [0.4, 0.5) is 4.79 Å². The Kier molecular flexibility index (Phi) is 15.6. The van der Waals surface area contributed by atoms with Gasteiger partial charge in [-0.15, -0.1) is 16.8 Å². The van der Waals surface area contributed by atoms with Gasteiger partial charge < -0.3 is 34.3 Å². The summed E-state index contributed by atoms with van der Waals surface area (Å²) in [6, 6.07) is 2.67. The van der Waals surface area contributed by atoms with Crippen LogP contribution >= 0.6 is 0 Å². The molecular weight excluding hydrogens is 745 g/mol. The van der Waals surface area contributed by atoms with Gasteiger partial charge in [0.2, 0.25) is 0 Å². The molecule has 1 amide bonds. The number of aliphatic hydroxyl groups is 1. The van der Waals surface area contributed by atoms with Crippen LogP contribution in [0, 0.1) is 23.7 Å². The van der Waals surface area contributed by atoms with Gasteiger partial charge in [0.25, 0.3) is 0 Å². The standard InChI is InChI=1S/C42H66N8O8/c1-11-16-30-21-25(3)23-43-29(7)38-42(8,58-41(54)50(38)20-14-13-19-49-24-32(46-47-49)31-17-15-18-44-45-31)34(12-2)56-39(53)28(6)35(51)27(5)37(30)57-40-36(52)33(48(9)10)22-26(4)55-40/h11,15,17-18,24-30,33-34,36-38,40,43,52H,1,12-14,16,19-23H2,2-10H3/t25-,26?,27+,28-,29-,30+,33?,34-,36?,37-,38-,40+,42-/m1/s1. The van der Waals surface area contributed by atoms with Gasteiger partial charge in [-0.05, 0) is 111 Å². The predicted molar refractivity (Wildman–Crippen MR) is 216 cm³/mol. The Morgan fingerprint density at radius 1 is 1.09 bits per heavy atom. The summed E-state index contributed by atoms with van der Waals surface area (Å²) in [5.41, 5.74) is 0.0543. The normalized spacial score (nSPS) is 35.5. The number of hydrogen-bond donors (Lipinski definition) is 2. The zero-order valence-corrected chi connectivity index (χ0v) is 35.8. The number of aromatic nitrogens is 5. The third-order valence-corrected chi connectivity index (χ3v) is 12.3. The molecule has 0 saturated carbocycles. The molecule has 322 valence electrons. The van der Waals surface area contributed by atoms with Crippen molar-refractivity contribution in [1.82, 2.24) is 40.3 Å². The number of cyclic esters (lactones) is 1. The lowest BCUT2D eigenvalue weighted by molar-refractivity contribution is -0.278. The van der Waals surface area contributed by atoms with Gasteiger partial charge >= 0.3 is 12.1 Å². The summed E-state index contributed by atoms with van der Waals surface area (Å²) in [7, 11) is 3.83. The molecule has 3 aliphatic rings. The Hall–Kier alpha value is -3.83. The maximum Gasteiger partial charge on any atom is 0.410 e. The maximum absolute atomic E-state index is 14.3. The molecule has 5 rings (SSSR count). The number of likely N-dealkylation sites (N-methyl/N-ethyl adjacent to an activating group) is 1. The number of fused-ring (bicyclic) bond motifs is 1. The maximum atomic E-state index is 14.3. The number of ether oxygens (including phenoxy) is 4. The van der Waals surface area contributed by atoms with Crippen LogP contribution in [0.15, 0.2) is 37.2 Å². The highest BCUT2D eigenvalue weighted by atomic mass is 16.7. The van der Waals surface area contributed by atoms with Crippen LogP contribution < -0.4 is 5.32 Å². The van der Waals surface area contributed by atoms with Gasteiger partial charge in [-0.3, -0.25) is 19.2 Å². The van der Waals surface area contributed by atoms with Crippen LogP contribution in [0.2, 0.25) is 0 Å². The van der Waals surface area contributed by atoms with Crippen molar-refractivity contribution in [3.05, 3.63) is 37.2 Å². The quantitative estimate of drug-likeness (QED) is 0.134. The number of allylic oxidation sites excluding steroid dienone is 1. The number of carbonyl (C=O) groups is 3. The first-order chi connectivity index (χ1) is 27.6. The molecule has 2 aromatic rings. The first-order valence-corrected chi connectivity index (χ1v) is 21.0. The van der Waals surface area contributed by atoms with Crippen LogP contribution in [0.1, 0.15) is 87.0 Å². The van der Waals surface area contributed by atoms with Gasteiger partial charge in [0.15, 0.2) is 17.7 Å². The van der Waals surface area contributed by atoms with Crippen LogP contribution in [0.3, 0.4) is 0 Å². The van der Waals surface area contributed by atoms with Gasteiger partial charge in [-0.1, -0.05) is 32.1 Å². The fourth-order valence-electron chi connectivity index (χ4n) is 9.15. The number of unbranched alkanes of at least 4 members (excludes halogenated alkanes) is 1. The van der Waals surface area contributed by atoms with E-state index in [1.165, 1.54) is 0 Å². The zero-order valence-electron chi connectivity index (χ0n) is 35.8. The monoisotopic (exact) mass is 811 g/mol. The molecule has 0 spiro atoms. The van der Waals surface area contributed by atoms with Crippen LogP contribution in [-0.2, 0) is 35.1 Å². The summed E-state index contributed by atoms with van der Waals surface area (Å²) in [5.74, 6) is -3.00. The summed E-state index contributed by atoms with van der Waals surface area (Å²) >= 11 is 0. The molecule has 3 fully saturated rings. The fraction of sp³-hybridized carbons (Fsp3) is 0.738. The molecule has 2 aromatic heterocycles. The number of nitrogens with zero attached hydrogens (tertiary/aromatic N) is 7. The van der Waals surface area contributed by atoms with Crippen molar-refractivity contribution in [1.29, 1.82) is 0 Å². The van der Waals surface area contributed by atoms with E-state index in [1.807, 2.05) is 65.0 Å². The summed E-state index contributed by atoms with van der Waals surface area (Å²) in [5, 5.41) is 31.6. The molecule has 16 heteroatoms. The van der Waals surface area contributed by atoms with Crippen molar-refractivity contribution < 1.29 is 38.4 Å². The highest BCUT2D eigenvalue weighted by Gasteiger charge is 2.58. The smallest absolute Gasteiger partial charge is 0.410 e. The largest absolute Gasteiger partial charge is 0.458 e. The number of Topliss-reactive ketones (excluding diaryl/α,β-unsaturated/α-hetero) is 1. The lowest BCUT2D eigenvalue weighted by atomic mass is 9.79. The second kappa shape index (κ2) is 19.9. The van der Waals surface area contributed by atoms with E-state index < -0.39 is 60.1 Å². The summed E-state index contributed by atoms with van der Waals surface area (Å²) in [6.45, 7) is 18.8. The van der Waals surface area contributed by atoms with E-state index >= 15 is 0 Å². The molecule has 13 atom stereocenters. The molecule has 0 bridgehead atoms. The van der Waals surface area contributed by atoms with Crippen LogP contribution in [0.5, 0.6) is 0 Å². The van der Waals surface area contributed by atoms with E-state index in [0.29, 0.717) is 69.5 Å². The molecule has 3 saturated heterocycles. The number of aliphatic hydroxyl groups excluding tert-OH is 1. The number of esters is 1. The van der Waals surface area contributed by atoms with E-state index in [-0.39, 0.29) is 35.8 Å². The predicted octanol–water partition coefficient (Wildman–Crippen LogP) is 4.28. The van der Waals surface area contributed by atoms with Crippen molar-refractivity contribution in [2.45, 2.75) is 148 Å². The second-order valence-electron chi connectivity index (χ2n) is 17.1. The highest BCUT2D eigenvalue weighted by molar-refractivity contribution is 6.00. The lowest BCUT2D eigenvalue weighted by Crippen LogP contribution is -2.60. The Morgan fingerprint density at radius 3 is 2.50 bits per heavy atom. The molecular formula is C42H66N8O8. The highest BCUT2D eigenvalue weighted by Crippen LogP contribution is 2.39. The van der Waals surface area contributed by atoms with Crippen molar-refractivity contribution in [3.63, 3.8) is 0 Å². The SMILES string of the molecule is C=CC[C@H]1C[C@@H](C)CN[C@H](C)[C@H]2N(CCCCn3cc(-c4cccnn4)nn3)C(=O)O[C@]2(C)[C@@H](CC)OC(=O)[C@H](C)C(=O)[C@H](C)[C@H]1O[C@@H]1OC(C)CC(N(C)C)C1O. The van der Waals surface area contributed by atoms with Gasteiger partial charge in [-0.2, -0.15) is 5.10 Å². The average molecular weight is 811 g/mol. The topological polar surface area (TPSA) is 183 Å². The molecule has 0 aliphatic carbocycles. The zero-order chi connectivity index (χ0) is 42.3. The summed E-state index contributed by atoms with van der Waals surface area (Å²) in [6.07, 6.45) is 4.72. The van der Waals surface area contributed by atoms with Gasteiger partial charge in [0.05, 0.1) is 24.4 Å². The number of hydrogen-bond acceptors (Lipinski definition) is 14. The lowest BCUT2D eigenvalue weighted by Gasteiger charge is -2.44. The van der Waals surface area contributed by atoms with Gasteiger partial charge in [-0.25, -0.2) is 4.79 Å². The van der Waals surface area contributed by atoms with Crippen molar-refractivity contribution in [2.24, 2.45) is 23.7 Å². The first kappa shape index (κ1) is 45.3. The molecule has 2 N–H and O–H groups in total. The summed E-state index contributed by atoms with van der Waals surface area (Å²) in [4.78, 5) is 45.8. The number of aryl methyl sites for hydroxylation is 1. The third-order valence-electron chi connectivity index (χ3n) is 12.3.